The first-order valence-corrected chi connectivity index (χ1v) is 16.1. The summed E-state index contributed by atoms with van der Waals surface area (Å²) in [5.41, 5.74) is 2.11. The molecule has 0 saturated carbocycles. The molecule has 2 aromatic heterocycles. The average Bonchev–Trinajstić information content (AvgIpc) is 3.44. The first kappa shape index (κ1) is 36.7. The van der Waals surface area contributed by atoms with Crippen LogP contribution in [0.15, 0.2) is 60.7 Å². The molecular weight excluding hydrogens is 663 g/mol. The van der Waals surface area contributed by atoms with Gasteiger partial charge in [-0.3, -0.25) is 9.59 Å². The van der Waals surface area contributed by atoms with E-state index in [9.17, 15) is 27.6 Å². The van der Waals surface area contributed by atoms with Gasteiger partial charge in [0.15, 0.2) is 5.82 Å². The van der Waals surface area contributed by atoms with Crippen LogP contribution < -0.4 is 20.7 Å². The van der Waals surface area contributed by atoms with Gasteiger partial charge in [-0.2, -0.15) is 5.10 Å². The number of halogens is 3. The topological polar surface area (TPSA) is 157 Å². The predicted octanol–water partition coefficient (Wildman–Crippen LogP) is 6.18. The minimum Gasteiger partial charge on any atom is -0.444 e. The highest BCUT2D eigenvalue weighted by Crippen LogP contribution is 2.24. The number of amides is 3. The normalized spacial score (nSPS) is 11.5. The molecule has 0 spiro atoms. The van der Waals surface area contributed by atoms with Crippen LogP contribution in [0.2, 0.25) is 0 Å². The van der Waals surface area contributed by atoms with Gasteiger partial charge in [0.25, 0.3) is 0 Å². The van der Waals surface area contributed by atoms with Gasteiger partial charge in [0.2, 0.25) is 16.9 Å². The number of carbonyl (C=O) groups is 3. The van der Waals surface area contributed by atoms with E-state index in [1.54, 1.807) is 32.9 Å². The fourth-order valence-corrected chi connectivity index (χ4v) is 5.26. The number of aryl methyl sites for hydroxylation is 2. The average molecular weight is 700 g/mol. The molecule has 260 valence electrons. The van der Waals surface area contributed by atoms with Crippen LogP contribution in [-0.2, 0) is 46.6 Å². The quantitative estimate of drug-likeness (QED) is 0.131. The summed E-state index contributed by atoms with van der Waals surface area (Å²) in [5, 5.41) is 25.7. The van der Waals surface area contributed by atoms with E-state index >= 15 is 0 Å². The Morgan fingerprint density at radius 3 is 2.14 bits per heavy atom. The van der Waals surface area contributed by atoms with Gasteiger partial charge in [-0.1, -0.05) is 47.7 Å². The molecule has 0 aliphatic carbocycles. The van der Waals surface area contributed by atoms with Crippen LogP contribution in [0.5, 0.6) is 5.75 Å². The van der Waals surface area contributed by atoms with Crippen LogP contribution in [0.4, 0.5) is 28.9 Å². The highest BCUT2D eigenvalue weighted by molar-refractivity contribution is 7.15. The molecule has 3 N–H and O–H groups in total. The number of anilines is 2. The summed E-state index contributed by atoms with van der Waals surface area (Å²) in [7, 11) is 0. The molecule has 2 heterocycles. The molecule has 16 heteroatoms. The van der Waals surface area contributed by atoms with Gasteiger partial charge in [0.1, 0.15) is 16.4 Å². The molecule has 12 nitrogen and oxygen atoms in total. The Balaban J connectivity index is 1.14. The lowest BCUT2D eigenvalue weighted by Gasteiger charge is -2.19. The molecule has 2 aromatic carbocycles. The third-order valence-electron chi connectivity index (χ3n) is 6.46. The molecule has 0 saturated heterocycles. The third kappa shape index (κ3) is 13.9. The number of alkyl halides is 3. The number of benzene rings is 2. The maximum Gasteiger partial charge on any atom is 0.573 e. The Morgan fingerprint density at radius 1 is 0.776 bits per heavy atom. The van der Waals surface area contributed by atoms with Crippen LogP contribution in [0.3, 0.4) is 0 Å². The van der Waals surface area contributed by atoms with E-state index in [1.165, 1.54) is 23.5 Å². The lowest BCUT2D eigenvalue weighted by atomic mass is 10.1. The molecule has 4 aromatic rings. The minimum absolute atomic E-state index is 0.132. The summed E-state index contributed by atoms with van der Waals surface area (Å²) in [4.78, 5) is 36.9. The SMILES string of the molecule is CC(C)(C)OC(=O)NCc1cccc(CC(=O)Nc2nnc(CCCCc3ccc(NC(=O)Cc4cccc(OC(F)(F)F)c4)nn3)s2)c1. The lowest BCUT2D eigenvalue weighted by molar-refractivity contribution is -0.274. The van der Waals surface area contributed by atoms with Crippen molar-refractivity contribution < 1.29 is 37.0 Å². The van der Waals surface area contributed by atoms with Gasteiger partial charge in [0.05, 0.1) is 18.5 Å². The maximum atomic E-state index is 12.6. The molecule has 0 aliphatic heterocycles. The zero-order chi connectivity index (χ0) is 35.4. The van der Waals surface area contributed by atoms with Gasteiger partial charge in [-0.15, -0.1) is 28.5 Å². The van der Waals surface area contributed by atoms with Crippen molar-refractivity contribution in [1.82, 2.24) is 25.7 Å². The number of aromatic nitrogens is 4. The maximum absolute atomic E-state index is 12.6. The van der Waals surface area contributed by atoms with Crippen molar-refractivity contribution in [2.75, 3.05) is 10.6 Å². The standard InChI is InChI=1S/C33H36F3N7O5S/c1-32(2,3)48-31(46)37-20-23-10-6-8-21(16-23)18-28(45)39-30-43-42-29(49-30)13-5-4-11-24-14-15-26(41-40-24)38-27(44)19-22-9-7-12-25(17-22)47-33(34,35)36/h6-10,12,14-17H,4-5,11,13,18-20H2,1-3H3,(H,37,46)(H,38,41,44)(H,39,43,45). The van der Waals surface area contributed by atoms with Crippen molar-refractivity contribution >= 4 is 40.2 Å². The van der Waals surface area contributed by atoms with E-state index in [2.05, 4.69) is 41.1 Å². The molecule has 0 atom stereocenters. The van der Waals surface area contributed by atoms with Gasteiger partial charge in [-0.05, 0) is 81.0 Å². The van der Waals surface area contributed by atoms with E-state index < -0.39 is 29.7 Å². The Kier molecular flexibility index (Phi) is 12.6. The van der Waals surface area contributed by atoms with Crippen LogP contribution in [0.1, 0.15) is 61.0 Å². The summed E-state index contributed by atoms with van der Waals surface area (Å²) in [6.45, 7) is 5.64. The van der Waals surface area contributed by atoms with Gasteiger partial charge in [-0.25, -0.2) is 4.79 Å². The first-order valence-electron chi connectivity index (χ1n) is 15.3. The molecular formula is C33H36F3N7O5S. The van der Waals surface area contributed by atoms with Crippen molar-refractivity contribution in [3.05, 3.63) is 88.1 Å². The first-order chi connectivity index (χ1) is 23.2. The van der Waals surface area contributed by atoms with E-state index in [4.69, 9.17) is 4.74 Å². The van der Waals surface area contributed by atoms with E-state index in [1.807, 2.05) is 24.3 Å². The predicted molar refractivity (Wildman–Crippen MR) is 176 cm³/mol. The summed E-state index contributed by atoms with van der Waals surface area (Å²) in [6, 6.07) is 15.9. The van der Waals surface area contributed by atoms with Gasteiger partial charge in [0, 0.05) is 13.0 Å². The second-order valence-corrected chi connectivity index (χ2v) is 13.0. The summed E-state index contributed by atoms with van der Waals surface area (Å²) < 4.78 is 46.5. The largest absolute Gasteiger partial charge is 0.573 e. The zero-order valence-electron chi connectivity index (χ0n) is 27.1. The number of nitrogens with one attached hydrogen (secondary N) is 3. The van der Waals surface area contributed by atoms with E-state index in [-0.39, 0.29) is 31.1 Å². The van der Waals surface area contributed by atoms with Gasteiger partial charge >= 0.3 is 12.5 Å². The zero-order valence-corrected chi connectivity index (χ0v) is 27.9. The minimum atomic E-state index is -4.82. The second-order valence-electron chi connectivity index (χ2n) is 11.9. The molecule has 0 unspecified atom stereocenters. The van der Waals surface area contributed by atoms with Crippen molar-refractivity contribution in [2.45, 2.75) is 77.8 Å². The summed E-state index contributed by atoms with van der Waals surface area (Å²) in [5.74, 6) is -0.870. The number of hydrogen-bond donors (Lipinski definition) is 3. The fourth-order valence-electron chi connectivity index (χ4n) is 4.46. The van der Waals surface area contributed by atoms with Crippen LogP contribution in [-0.4, -0.2) is 50.3 Å². The number of ether oxygens (including phenoxy) is 2. The molecule has 0 radical (unpaired) electrons. The smallest absolute Gasteiger partial charge is 0.444 e. The van der Waals surface area contributed by atoms with Gasteiger partial charge < -0.3 is 25.4 Å². The molecule has 0 aliphatic rings. The van der Waals surface area contributed by atoms with Crippen molar-refractivity contribution in [1.29, 1.82) is 0 Å². The van der Waals surface area contributed by atoms with Crippen molar-refractivity contribution in [3.8, 4) is 5.75 Å². The van der Waals surface area contributed by atoms with E-state index in [0.717, 1.165) is 46.8 Å². The molecule has 49 heavy (non-hydrogen) atoms. The van der Waals surface area contributed by atoms with Crippen LogP contribution in [0, 0.1) is 0 Å². The summed E-state index contributed by atoms with van der Waals surface area (Å²) in [6.07, 6.45) is -2.48. The van der Waals surface area contributed by atoms with E-state index in [0.29, 0.717) is 23.5 Å². The Bertz CT molecular complexity index is 1730. The van der Waals surface area contributed by atoms with Crippen LogP contribution >= 0.6 is 11.3 Å². The Labute approximate surface area is 284 Å². The Morgan fingerprint density at radius 2 is 1.45 bits per heavy atom. The number of rotatable bonds is 14. The number of alkyl carbamates (subject to hydrolysis) is 1. The van der Waals surface area contributed by atoms with Crippen molar-refractivity contribution in [3.63, 3.8) is 0 Å². The molecule has 4 rings (SSSR count). The summed E-state index contributed by atoms with van der Waals surface area (Å²) >= 11 is 1.31. The molecule has 3 amide bonds. The molecule has 0 fully saturated rings. The highest BCUT2D eigenvalue weighted by atomic mass is 32.1. The Hall–Kier alpha value is -5.12. The van der Waals surface area contributed by atoms with Crippen molar-refractivity contribution in [2.24, 2.45) is 0 Å². The third-order valence-corrected chi connectivity index (χ3v) is 7.36. The number of hydrogen-bond acceptors (Lipinski definition) is 10. The lowest BCUT2D eigenvalue weighted by Crippen LogP contribution is -2.32. The number of unbranched alkanes of at least 4 members (excludes halogenated alkanes) is 1. The van der Waals surface area contributed by atoms with Crippen LogP contribution in [0.25, 0.3) is 0 Å². The highest BCUT2D eigenvalue weighted by Gasteiger charge is 2.31. The second kappa shape index (κ2) is 16.8. The monoisotopic (exact) mass is 699 g/mol. The molecule has 0 bridgehead atoms. The number of carbonyl (C=O) groups excluding carboxylic acids is 3. The number of nitrogens with zero attached hydrogens (tertiary/aromatic N) is 4. The fraction of sp³-hybridized carbons (Fsp3) is 0.364.